The summed E-state index contributed by atoms with van der Waals surface area (Å²) in [6.07, 6.45) is -0.451. The Hall–Kier alpha value is -1.80. The topological polar surface area (TPSA) is 85.5 Å². The highest BCUT2D eigenvalue weighted by Crippen LogP contribution is 2.33. The van der Waals surface area contributed by atoms with E-state index in [9.17, 15) is 9.18 Å². The third kappa shape index (κ3) is 2.81. The molecule has 1 N–H and O–H groups in total. The second-order valence-corrected chi connectivity index (χ2v) is 5.47. The first-order chi connectivity index (χ1) is 10.0. The third-order valence-corrected chi connectivity index (χ3v) is 3.80. The van der Waals surface area contributed by atoms with E-state index in [1.165, 1.54) is 12.1 Å². The molecule has 3 rings (SSSR count). The largest absolute Gasteiger partial charge is 0.479 e. The zero-order valence-corrected chi connectivity index (χ0v) is 12.2. The van der Waals surface area contributed by atoms with Crippen LogP contribution in [0.15, 0.2) is 27.2 Å². The van der Waals surface area contributed by atoms with Crippen LogP contribution in [0.3, 0.4) is 0 Å². The Bertz CT molecular complexity index is 691. The highest BCUT2D eigenvalue weighted by atomic mass is 79.9. The van der Waals surface area contributed by atoms with Gasteiger partial charge < -0.3 is 14.4 Å². The molecule has 2 aromatic rings. The number of ether oxygens (including phenoxy) is 1. The van der Waals surface area contributed by atoms with Crippen LogP contribution >= 0.6 is 15.9 Å². The van der Waals surface area contributed by atoms with E-state index in [-0.39, 0.29) is 11.7 Å². The van der Waals surface area contributed by atoms with Crippen LogP contribution < -0.4 is 0 Å². The van der Waals surface area contributed by atoms with Crippen molar-refractivity contribution in [2.75, 3.05) is 0 Å². The molecule has 0 amide bonds. The minimum Gasteiger partial charge on any atom is -0.479 e. The zero-order chi connectivity index (χ0) is 15.0. The van der Waals surface area contributed by atoms with Crippen molar-refractivity contribution in [1.82, 2.24) is 10.1 Å². The van der Waals surface area contributed by atoms with Crippen LogP contribution in [0.2, 0.25) is 0 Å². The first kappa shape index (κ1) is 14.2. The summed E-state index contributed by atoms with van der Waals surface area (Å²) >= 11 is 3.09. The molecular formula is C13H10BrFN2O4. The first-order valence-corrected chi connectivity index (χ1v) is 7.01. The number of hydrogen-bond donors (Lipinski definition) is 1. The normalized spacial score (nSPS) is 21.6. The van der Waals surface area contributed by atoms with Gasteiger partial charge in [-0.3, -0.25) is 0 Å². The summed E-state index contributed by atoms with van der Waals surface area (Å²) in [5.41, 5.74) is 0.589. The molecule has 2 unspecified atom stereocenters. The Labute approximate surface area is 127 Å². The number of halogens is 2. The van der Waals surface area contributed by atoms with E-state index < -0.39 is 18.2 Å². The van der Waals surface area contributed by atoms with E-state index in [4.69, 9.17) is 14.4 Å². The van der Waals surface area contributed by atoms with Gasteiger partial charge >= 0.3 is 5.97 Å². The molecule has 1 aromatic heterocycles. The molecule has 6 nitrogen and oxygen atoms in total. The van der Waals surface area contributed by atoms with Gasteiger partial charge in [-0.2, -0.15) is 4.98 Å². The van der Waals surface area contributed by atoms with E-state index in [0.717, 1.165) is 0 Å². The lowest BCUT2D eigenvalue weighted by Crippen LogP contribution is -2.18. The quantitative estimate of drug-likeness (QED) is 0.909. The Balaban J connectivity index is 1.80. The van der Waals surface area contributed by atoms with E-state index in [1.54, 1.807) is 6.07 Å². The van der Waals surface area contributed by atoms with Crippen molar-refractivity contribution >= 4 is 21.9 Å². The first-order valence-electron chi connectivity index (χ1n) is 6.22. The van der Waals surface area contributed by atoms with Gasteiger partial charge in [-0.25, -0.2) is 9.18 Å². The number of carboxylic acids is 1. The summed E-state index contributed by atoms with van der Waals surface area (Å²) in [4.78, 5) is 15.0. The van der Waals surface area contributed by atoms with Gasteiger partial charge in [0, 0.05) is 5.56 Å². The third-order valence-electron chi connectivity index (χ3n) is 3.19. The van der Waals surface area contributed by atoms with E-state index >= 15 is 0 Å². The van der Waals surface area contributed by atoms with Gasteiger partial charge in [0.2, 0.25) is 5.82 Å². The standard InChI is InChI=1S/C13H10BrFN2O4/c14-7-5-6(1-2-8(7)15)11-16-12(21-17-11)9-3-4-10(20-9)13(18)19/h1-2,5,9-10H,3-4H2,(H,18,19). The average Bonchev–Trinajstić information content (AvgIpc) is 3.09. The molecule has 0 aliphatic carbocycles. The minimum atomic E-state index is -1.00. The van der Waals surface area contributed by atoms with Crippen LogP contribution in [0.5, 0.6) is 0 Å². The molecular weight excluding hydrogens is 347 g/mol. The SMILES string of the molecule is O=C(O)C1CCC(c2nc(-c3ccc(F)c(Br)c3)no2)O1. The molecule has 21 heavy (non-hydrogen) atoms. The Morgan fingerprint density at radius 3 is 2.90 bits per heavy atom. The molecule has 1 aliphatic heterocycles. The van der Waals surface area contributed by atoms with Crippen molar-refractivity contribution < 1.29 is 23.6 Å². The van der Waals surface area contributed by atoms with Gasteiger partial charge in [-0.1, -0.05) is 5.16 Å². The van der Waals surface area contributed by atoms with E-state index in [1.807, 2.05) is 0 Å². The van der Waals surface area contributed by atoms with Gasteiger partial charge in [-0.15, -0.1) is 0 Å². The summed E-state index contributed by atoms with van der Waals surface area (Å²) in [6, 6.07) is 4.37. The fourth-order valence-corrected chi connectivity index (χ4v) is 2.50. The van der Waals surface area contributed by atoms with Gasteiger partial charge in [0.15, 0.2) is 6.10 Å². The Morgan fingerprint density at radius 1 is 1.43 bits per heavy atom. The van der Waals surface area contributed by atoms with Crippen LogP contribution in [0.25, 0.3) is 11.4 Å². The van der Waals surface area contributed by atoms with Crippen LogP contribution in [0.1, 0.15) is 24.8 Å². The highest BCUT2D eigenvalue weighted by Gasteiger charge is 2.34. The number of carboxylic acid groups (broad SMARTS) is 1. The van der Waals surface area contributed by atoms with Crippen molar-refractivity contribution in [3.63, 3.8) is 0 Å². The molecule has 1 fully saturated rings. The summed E-state index contributed by atoms with van der Waals surface area (Å²) in [5.74, 6) is -0.854. The summed E-state index contributed by atoms with van der Waals surface area (Å²) in [5, 5.41) is 12.7. The van der Waals surface area contributed by atoms with Gasteiger partial charge in [0.1, 0.15) is 11.9 Å². The van der Waals surface area contributed by atoms with Crippen molar-refractivity contribution in [3.8, 4) is 11.4 Å². The number of benzene rings is 1. The maximum Gasteiger partial charge on any atom is 0.332 e. The summed E-state index contributed by atoms with van der Waals surface area (Å²) in [7, 11) is 0. The van der Waals surface area contributed by atoms with E-state index in [2.05, 4.69) is 26.1 Å². The van der Waals surface area contributed by atoms with E-state index in [0.29, 0.717) is 28.7 Å². The second-order valence-electron chi connectivity index (χ2n) is 4.61. The van der Waals surface area contributed by atoms with Crippen molar-refractivity contribution in [2.45, 2.75) is 25.0 Å². The number of carbonyl (C=O) groups is 1. The smallest absolute Gasteiger partial charge is 0.332 e. The molecule has 0 radical (unpaired) electrons. The molecule has 1 aromatic carbocycles. The van der Waals surface area contributed by atoms with Gasteiger partial charge in [0.05, 0.1) is 4.47 Å². The molecule has 110 valence electrons. The molecule has 1 aliphatic rings. The predicted octanol–water partition coefficient (Wildman–Crippen LogP) is 2.94. The number of rotatable bonds is 3. The maximum atomic E-state index is 13.2. The lowest BCUT2D eigenvalue weighted by atomic mass is 10.2. The monoisotopic (exact) mass is 356 g/mol. The van der Waals surface area contributed by atoms with Crippen molar-refractivity contribution in [1.29, 1.82) is 0 Å². The highest BCUT2D eigenvalue weighted by molar-refractivity contribution is 9.10. The van der Waals surface area contributed by atoms with Gasteiger partial charge in [-0.05, 0) is 47.0 Å². The predicted molar refractivity (Wildman–Crippen MR) is 71.9 cm³/mol. The van der Waals surface area contributed by atoms with Crippen molar-refractivity contribution in [2.24, 2.45) is 0 Å². The number of hydrogen-bond acceptors (Lipinski definition) is 5. The fourth-order valence-electron chi connectivity index (χ4n) is 2.12. The molecule has 1 saturated heterocycles. The van der Waals surface area contributed by atoms with Gasteiger partial charge in [0.25, 0.3) is 5.89 Å². The molecule has 0 saturated carbocycles. The lowest BCUT2D eigenvalue weighted by molar-refractivity contribution is -0.150. The molecule has 2 heterocycles. The molecule has 8 heteroatoms. The Morgan fingerprint density at radius 2 is 2.24 bits per heavy atom. The second kappa shape index (κ2) is 5.53. The number of nitrogens with zero attached hydrogens (tertiary/aromatic N) is 2. The van der Waals surface area contributed by atoms with Crippen LogP contribution in [0.4, 0.5) is 4.39 Å². The zero-order valence-electron chi connectivity index (χ0n) is 10.6. The minimum absolute atomic E-state index is 0.231. The maximum absolute atomic E-state index is 13.2. The number of aromatic nitrogens is 2. The Kier molecular flexibility index (Phi) is 3.73. The molecule has 0 bridgehead atoms. The number of aliphatic carboxylic acids is 1. The fraction of sp³-hybridized carbons (Fsp3) is 0.308. The lowest BCUT2D eigenvalue weighted by Gasteiger charge is -2.05. The van der Waals surface area contributed by atoms with Crippen LogP contribution in [-0.4, -0.2) is 27.3 Å². The summed E-state index contributed by atoms with van der Waals surface area (Å²) in [6.45, 7) is 0. The summed E-state index contributed by atoms with van der Waals surface area (Å²) < 4.78 is 23.9. The average molecular weight is 357 g/mol. The van der Waals surface area contributed by atoms with Crippen LogP contribution in [-0.2, 0) is 9.53 Å². The molecule has 0 spiro atoms. The molecule has 2 atom stereocenters. The van der Waals surface area contributed by atoms with Crippen LogP contribution in [0, 0.1) is 5.82 Å². The van der Waals surface area contributed by atoms with Crippen molar-refractivity contribution in [3.05, 3.63) is 34.4 Å².